The van der Waals surface area contributed by atoms with E-state index < -0.39 is 40.0 Å². The Labute approximate surface area is 167 Å². The summed E-state index contributed by atoms with van der Waals surface area (Å²) in [5.41, 5.74) is -0.351. The van der Waals surface area contributed by atoms with Crippen molar-refractivity contribution in [2.45, 2.75) is 42.5 Å². The quantitative estimate of drug-likeness (QED) is 0.231. The SMILES string of the molecule is CCCC(C)NC(=O)COC(=O)CNS(=O)(=O)c1ccc(SC)c([N+](=O)[O-])c1. The van der Waals surface area contributed by atoms with E-state index in [2.05, 4.69) is 5.32 Å². The number of hydrogen-bond acceptors (Lipinski definition) is 8. The van der Waals surface area contributed by atoms with Gasteiger partial charge in [-0.15, -0.1) is 11.8 Å². The molecule has 1 unspecified atom stereocenters. The molecule has 0 aliphatic carbocycles. The van der Waals surface area contributed by atoms with Crippen LogP contribution in [0.5, 0.6) is 0 Å². The van der Waals surface area contributed by atoms with Crippen molar-refractivity contribution in [3.05, 3.63) is 28.3 Å². The Balaban J connectivity index is 2.64. The molecule has 0 fully saturated rings. The molecule has 156 valence electrons. The van der Waals surface area contributed by atoms with Gasteiger partial charge in [-0.05, 0) is 31.7 Å². The summed E-state index contributed by atoms with van der Waals surface area (Å²) < 4.78 is 31.2. The van der Waals surface area contributed by atoms with Crippen LogP contribution in [0.15, 0.2) is 28.0 Å². The number of carbonyl (C=O) groups excluding carboxylic acids is 2. The van der Waals surface area contributed by atoms with Crippen LogP contribution in [-0.4, -0.2) is 50.7 Å². The van der Waals surface area contributed by atoms with Crippen LogP contribution in [-0.2, 0) is 24.3 Å². The maximum absolute atomic E-state index is 12.2. The first kappa shape index (κ1) is 23.9. The van der Waals surface area contributed by atoms with Gasteiger partial charge < -0.3 is 10.1 Å². The fourth-order valence-corrected chi connectivity index (χ4v) is 3.77. The van der Waals surface area contributed by atoms with Crippen molar-refractivity contribution in [2.24, 2.45) is 0 Å². The first-order valence-electron chi connectivity index (χ1n) is 8.37. The monoisotopic (exact) mass is 433 g/mol. The molecule has 1 rings (SSSR count). The molecule has 1 aromatic carbocycles. The normalized spacial score (nSPS) is 12.2. The average Bonchev–Trinajstić information content (AvgIpc) is 2.64. The molecule has 0 bridgehead atoms. The van der Waals surface area contributed by atoms with Crippen LogP contribution in [0, 0.1) is 10.1 Å². The standard InChI is InChI=1S/C16H23N3O7S2/c1-4-5-11(2)18-15(20)10-26-16(21)9-17-28(24,25)12-6-7-14(27-3)13(8-12)19(22)23/h6-8,11,17H,4-5,9-10H2,1-3H3,(H,18,20). The van der Waals surface area contributed by atoms with Crippen LogP contribution in [0.25, 0.3) is 0 Å². The lowest BCUT2D eigenvalue weighted by atomic mass is 10.2. The highest BCUT2D eigenvalue weighted by Crippen LogP contribution is 2.29. The predicted octanol–water partition coefficient (Wildman–Crippen LogP) is 1.44. The van der Waals surface area contributed by atoms with Crippen molar-refractivity contribution in [1.29, 1.82) is 0 Å². The Hall–Kier alpha value is -2.18. The Bertz CT molecular complexity index is 828. The van der Waals surface area contributed by atoms with Crippen LogP contribution in [0.3, 0.4) is 0 Å². The molecule has 2 N–H and O–H groups in total. The first-order chi connectivity index (χ1) is 13.1. The van der Waals surface area contributed by atoms with E-state index in [0.717, 1.165) is 30.7 Å². The number of thioether (sulfide) groups is 1. The van der Waals surface area contributed by atoms with Crippen LogP contribution < -0.4 is 10.0 Å². The zero-order valence-electron chi connectivity index (χ0n) is 15.8. The molecule has 12 heteroatoms. The molecule has 1 aromatic rings. The lowest BCUT2D eigenvalue weighted by Gasteiger charge is -2.13. The Morgan fingerprint density at radius 3 is 2.61 bits per heavy atom. The maximum Gasteiger partial charge on any atom is 0.321 e. The van der Waals surface area contributed by atoms with Crippen molar-refractivity contribution >= 4 is 39.3 Å². The van der Waals surface area contributed by atoms with E-state index in [1.54, 1.807) is 6.26 Å². The number of benzene rings is 1. The van der Waals surface area contributed by atoms with Crippen molar-refractivity contribution in [3.8, 4) is 0 Å². The zero-order chi connectivity index (χ0) is 21.3. The lowest BCUT2D eigenvalue weighted by molar-refractivity contribution is -0.387. The van der Waals surface area contributed by atoms with E-state index in [0.29, 0.717) is 4.90 Å². The van der Waals surface area contributed by atoms with E-state index in [1.165, 1.54) is 12.1 Å². The van der Waals surface area contributed by atoms with Crippen LogP contribution in [0.2, 0.25) is 0 Å². The summed E-state index contributed by atoms with van der Waals surface area (Å²) in [6.07, 6.45) is 3.30. The Morgan fingerprint density at radius 2 is 2.04 bits per heavy atom. The molecule has 0 aromatic heterocycles. The van der Waals surface area contributed by atoms with Gasteiger partial charge in [-0.25, -0.2) is 8.42 Å². The van der Waals surface area contributed by atoms with Crippen molar-refractivity contribution in [3.63, 3.8) is 0 Å². The smallest absolute Gasteiger partial charge is 0.321 e. The lowest BCUT2D eigenvalue weighted by Crippen LogP contribution is -2.37. The van der Waals surface area contributed by atoms with Crippen molar-refractivity contribution < 1.29 is 27.7 Å². The summed E-state index contributed by atoms with van der Waals surface area (Å²) in [5, 5.41) is 13.7. The number of nitrogens with one attached hydrogen (secondary N) is 2. The molecule has 1 amide bonds. The predicted molar refractivity (Wildman–Crippen MR) is 104 cm³/mol. The fourth-order valence-electron chi connectivity index (χ4n) is 2.24. The second-order valence-electron chi connectivity index (χ2n) is 5.83. The number of nitrogens with zero attached hydrogens (tertiary/aromatic N) is 1. The summed E-state index contributed by atoms with van der Waals surface area (Å²) in [6.45, 7) is 2.55. The molecule has 28 heavy (non-hydrogen) atoms. The topological polar surface area (TPSA) is 145 Å². The molecular weight excluding hydrogens is 410 g/mol. The number of sulfonamides is 1. The number of carbonyl (C=O) groups is 2. The molecule has 0 spiro atoms. The number of rotatable bonds is 11. The highest BCUT2D eigenvalue weighted by atomic mass is 32.2. The van der Waals surface area contributed by atoms with E-state index in [1.807, 2.05) is 18.6 Å². The number of amides is 1. The van der Waals surface area contributed by atoms with Gasteiger partial charge in [-0.2, -0.15) is 4.72 Å². The minimum absolute atomic E-state index is 0.0604. The van der Waals surface area contributed by atoms with Gasteiger partial charge in [0.05, 0.1) is 14.7 Å². The van der Waals surface area contributed by atoms with Gasteiger partial charge in [0.2, 0.25) is 10.0 Å². The van der Waals surface area contributed by atoms with E-state index in [4.69, 9.17) is 4.74 Å². The number of esters is 1. The van der Waals surface area contributed by atoms with Gasteiger partial charge >= 0.3 is 5.97 Å². The van der Waals surface area contributed by atoms with E-state index >= 15 is 0 Å². The van der Waals surface area contributed by atoms with Crippen LogP contribution >= 0.6 is 11.8 Å². The van der Waals surface area contributed by atoms with Crippen LogP contribution in [0.1, 0.15) is 26.7 Å². The molecule has 0 aliphatic rings. The second kappa shape index (κ2) is 11.0. The van der Waals surface area contributed by atoms with Gasteiger partial charge in [-0.1, -0.05) is 13.3 Å². The van der Waals surface area contributed by atoms with Crippen molar-refractivity contribution in [1.82, 2.24) is 10.0 Å². The number of hydrogen-bond donors (Lipinski definition) is 2. The largest absolute Gasteiger partial charge is 0.455 e. The summed E-state index contributed by atoms with van der Waals surface area (Å²) in [5.74, 6) is -1.43. The minimum atomic E-state index is -4.17. The summed E-state index contributed by atoms with van der Waals surface area (Å²) in [7, 11) is -4.17. The average molecular weight is 434 g/mol. The van der Waals surface area contributed by atoms with Crippen LogP contribution in [0.4, 0.5) is 5.69 Å². The first-order valence-corrected chi connectivity index (χ1v) is 11.1. The molecule has 0 heterocycles. The van der Waals surface area contributed by atoms with Gasteiger partial charge in [0.25, 0.3) is 11.6 Å². The fraction of sp³-hybridized carbons (Fsp3) is 0.500. The maximum atomic E-state index is 12.2. The third-order valence-corrected chi connectivity index (χ3v) is 5.74. The molecule has 0 saturated carbocycles. The molecular formula is C16H23N3O7S2. The number of nitro groups is 1. The van der Waals surface area contributed by atoms with Crippen molar-refractivity contribution in [2.75, 3.05) is 19.4 Å². The zero-order valence-corrected chi connectivity index (χ0v) is 17.4. The van der Waals surface area contributed by atoms with Gasteiger partial charge in [-0.3, -0.25) is 19.7 Å². The Kier molecular flexibility index (Phi) is 9.35. The van der Waals surface area contributed by atoms with E-state index in [-0.39, 0.29) is 16.6 Å². The third kappa shape index (κ3) is 7.44. The molecule has 1 atom stereocenters. The highest BCUT2D eigenvalue weighted by Gasteiger charge is 2.22. The Morgan fingerprint density at radius 1 is 1.36 bits per heavy atom. The van der Waals surface area contributed by atoms with Gasteiger partial charge in [0, 0.05) is 12.1 Å². The molecule has 0 saturated heterocycles. The van der Waals surface area contributed by atoms with E-state index in [9.17, 15) is 28.1 Å². The molecule has 0 aliphatic heterocycles. The summed E-state index contributed by atoms with van der Waals surface area (Å²) in [6, 6.07) is 3.38. The van der Waals surface area contributed by atoms with Gasteiger partial charge in [0.1, 0.15) is 6.54 Å². The highest BCUT2D eigenvalue weighted by molar-refractivity contribution is 7.98. The molecule has 0 radical (unpaired) electrons. The molecule has 10 nitrogen and oxygen atoms in total. The number of nitro benzene ring substituents is 1. The summed E-state index contributed by atoms with van der Waals surface area (Å²) in [4.78, 5) is 33.6. The summed E-state index contributed by atoms with van der Waals surface area (Å²) >= 11 is 1.11. The third-order valence-electron chi connectivity index (χ3n) is 3.56. The van der Waals surface area contributed by atoms with Gasteiger partial charge in [0.15, 0.2) is 6.61 Å². The second-order valence-corrected chi connectivity index (χ2v) is 8.45. The minimum Gasteiger partial charge on any atom is -0.455 e. The number of ether oxygens (including phenoxy) is 1.